The SMILES string of the molecule is c1ccc(-n2ccc(-c3cccs3)n2)cc1. The van der Waals surface area contributed by atoms with Crippen LogP contribution in [-0.2, 0) is 0 Å². The first-order valence-corrected chi connectivity index (χ1v) is 5.96. The predicted octanol–water partition coefficient (Wildman–Crippen LogP) is 3.60. The highest BCUT2D eigenvalue weighted by molar-refractivity contribution is 7.13. The van der Waals surface area contributed by atoms with E-state index in [9.17, 15) is 0 Å². The Morgan fingerprint density at radius 1 is 0.938 bits per heavy atom. The molecule has 0 unspecified atom stereocenters. The van der Waals surface area contributed by atoms with Crippen LogP contribution in [0.5, 0.6) is 0 Å². The Balaban J connectivity index is 2.00. The predicted molar refractivity (Wildman–Crippen MR) is 66.9 cm³/mol. The van der Waals surface area contributed by atoms with E-state index in [0.717, 1.165) is 11.4 Å². The van der Waals surface area contributed by atoms with Gasteiger partial charge in [-0.3, -0.25) is 0 Å². The minimum absolute atomic E-state index is 1.03. The van der Waals surface area contributed by atoms with Crippen molar-refractivity contribution in [2.45, 2.75) is 0 Å². The number of para-hydroxylation sites is 1. The lowest BCUT2D eigenvalue weighted by Gasteiger charge is -1.99. The molecule has 0 saturated carbocycles. The Labute approximate surface area is 97.8 Å². The van der Waals surface area contributed by atoms with Crippen LogP contribution in [0.1, 0.15) is 0 Å². The first-order chi connectivity index (χ1) is 7.93. The van der Waals surface area contributed by atoms with Crippen LogP contribution in [0.25, 0.3) is 16.3 Å². The molecule has 2 heterocycles. The Kier molecular flexibility index (Phi) is 2.31. The van der Waals surface area contributed by atoms with Crippen LogP contribution in [-0.4, -0.2) is 9.78 Å². The van der Waals surface area contributed by atoms with E-state index < -0.39 is 0 Å². The second kappa shape index (κ2) is 3.94. The molecule has 0 radical (unpaired) electrons. The van der Waals surface area contributed by atoms with Crippen LogP contribution < -0.4 is 0 Å². The minimum atomic E-state index is 1.03. The lowest BCUT2D eigenvalue weighted by Crippen LogP contribution is -1.93. The second-order valence-corrected chi connectivity index (χ2v) is 4.41. The molecule has 78 valence electrons. The van der Waals surface area contributed by atoms with Crippen molar-refractivity contribution in [1.82, 2.24) is 9.78 Å². The maximum atomic E-state index is 4.55. The zero-order valence-corrected chi connectivity index (χ0v) is 9.39. The smallest absolute Gasteiger partial charge is 0.103 e. The minimum Gasteiger partial charge on any atom is -0.240 e. The molecule has 0 aliphatic carbocycles. The molecule has 0 amide bonds. The van der Waals surface area contributed by atoms with Gasteiger partial charge in [0.2, 0.25) is 0 Å². The molecule has 0 bridgehead atoms. The molecule has 3 aromatic rings. The number of aromatic nitrogens is 2. The third-order valence-corrected chi connectivity index (χ3v) is 3.28. The van der Waals surface area contributed by atoms with E-state index >= 15 is 0 Å². The van der Waals surface area contributed by atoms with Crippen molar-refractivity contribution < 1.29 is 0 Å². The lowest BCUT2D eigenvalue weighted by molar-refractivity contribution is 0.885. The highest BCUT2D eigenvalue weighted by Gasteiger charge is 2.03. The van der Waals surface area contributed by atoms with E-state index in [1.165, 1.54) is 4.88 Å². The molecule has 16 heavy (non-hydrogen) atoms. The highest BCUT2D eigenvalue weighted by Crippen LogP contribution is 2.23. The topological polar surface area (TPSA) is 17.8 Å². The normalized spacial score (nSPS) is 10.5. The fraction of sp³-hybridized carbons (Fsp3) is 0. The first-order valence-electron chi connectivity index (χ1n) is 5.08. The maximum absolute atomic E-state index is 4.55. The van der Waals surface area contributed by atoms with Crippen molar-refractivity contribution in [2.75, 3.05) is 0 Å². The summed E-state index contributed by atoms with van der Waals surface area (Å²) in [5, 5.41) is 6.62. The van der Waals surface area contributed by atoms with Gasteiger partial charge in [-0.25, -0.2) is 4.68 Å². The van der Waals surface area contributed by atoms with E-state index in [1.54, 1.807) is 11.3 Å². The average Bonchev–Trinajstić information content (AvgIpc) is 3.01. The first kappa shape index (κ1) is 9.36. The molecule has 2 aromatic heterocycles. The molecule has 3 rings (SSSR count). The molecule has 0 N–H and O–H groups in total. The van der Waals surface area contributed by atoms with Crippen LogP contribution in [0.15, 0.2) is 60.1 Å². The maximum Gasteiger partial charge on any atom is 0.103 e. The summed E-state index contributed by atoms with van der Waals surface area (Å²) in [6.07, 6.45) is 1.99. The molecule has 2 nitrogen and oxygen atoms in total. The van der Waals surface area contributed by atoms with Gasteiger partial charge in [0.1, 0.15) is 5.69 Å². The zero-order valence-electron chi connectivity index (χ0n) is 8.58. The number of nitrogens with zero attached hydrogens (tertiary/aromatic N) is 2. The summed E-state index contributed by atoms with van der Waals surface area (Å²) in [5.74, 6) is 0. The highest BCUT2D eigenvalue weighted by atomic mass is 32.1. The van der Waals surface area contributed by atoms with Gasteiger partial charge in [-0.15, -0.1) is 11.3 Å². The molecular weight excluding hydrogens is 216 g/mol. The van der Waals surface area contributed by atoms with Gasteiger partial charge in [0, 0.05) is 6.20 Å². The van der Waals surface area contributed by atoms with Gasteiger partial charge in [0.05, 0.1) is 10.6 Å². The van der Waals surface area contributed by atoms with Crippen molar-refractivity contribution in [3.05, 3.63) is 60.1 Å². The van der Waals surface area contributed by atoms with Crippen LogP contribution in [0, 0.1) is 0 Å². The van der Waals surface area contributed by atoms with E-state index in [4.69, 9.17) is 0 Å². The van der Waals surface area contributed by atoms with E-state index in [2.05, 4.69) is 16.5 Å². The van der Waals surface area contributed by atoms with Crippen molar-refractivity contribution in [2.24, 2.45) is 0 Å². The number of hydrogen-bond acceptors (Lipinski definition) is 2. The van der Waals surface area contributed by atoms with Gasteiger partial charge in [-0.2, -0.15) is 5.10 Å². The average molecular weight is 226 g/mol. The Hall–Kier alpha value is -1.87. The Morgan fingerprint density at radius 2 is 1.81 bits per heavy atom. The summed E-state index contributed by atoms with van der Waals surface area (Å²) in [4.78, 5) is 1.20. The molecule has 3 heteroatoms. The van der Waals surface area contributed by atoms with Crippen LogP contribution >= 0.6 is 11.3 Å². The van der Waals surface area contributed by atoms with Crippen molar-refractivity contribution in [3.63, 3.8) is 0 Å². The molecule has 0 atom stereocenters. The summed E-state index contributed by atoms with van der Waals surface area (Å²) in [7, 11) is 0. The van der Waals surface area contributed by atoms with Gasteiger partial charge >= 0.3 is 0 Å². The number of benzene rings is 1. The fourth-order valence-electron chi connectivity index (χ4n) is 1.60. The number of thiophene rings is 1. The quantitative estimate of drug-likeness (QED) is 0.652. The number of hydrogen-bond donors (Lipinski definition) is 0. The van der Waals surface area contributed by atoms with Gasteiger partial charge in [-0.05, 0) is 29.6 Å². The summed E-state index contributed by atoms with van der Waals surface area (Å²) < 4.78 is 1.90. The Morgan fingerprint density at radius 3 is 2.56 bits per heavy atom. The fourth-order valence-corrected chi connectivity index (χ4v) is 2.29. The van der Waals surface area contributed by atoms with Gasteiger partial charge in [-0.1, -0.05) is 24.3 Å². The van der Waals surface area contributed by atoms with Crippen molar-refractivity contribution >= 4 is 11.3 Å². The molecule has 0 fully saturated rings. The largest absolute Gasteiger partial charge is 0.240 e. The van der Waals surface area contributed by atoms with Gasteiger partial charge < -0.3 is 0 Å². The van der Waals surface area contributed by atoms with Gasteiger partial charge in [0.15, 0.2) is 0 Å². The summed E-state index contributed by atoms with van der Waals surface area (Å²) >= 11 is 1.71. The van der Waals surface area contributed by atoms with E-state index in [0.29, 0.717) is 0 Å². The molecule has 0 spiro atoms. The Bertz CT molecular complexity index is 567. The van der Waals surface area contributed by atoms with E-state index in [1.807, 2.05) is 53.3 Å². The van der Waals surface area contributed by atoms with Crippen LogP contribution in [0.3, 0.4) is 0 Å². The van der Waals surface area contributed by atoms with Crippen molar-refractivity contribution in [1.29, 1.82) is 0 Å². The third kappa shape index (κ3) is 1.66. The van der Waals surface area contributed by atoms with E-state index in [-0.39, 0.29) is 0 Å². The molecule has 0 aliphatic heterocycles. The number of rotatable bonds is 2. The monoisotopic (exact) mass is 226 g/mol. The second-order valence-electron chi connectivity index (χ2n) is 3.46. The summed E-state index contributed by atoms with van der Waals surface area (Å²) in [5.41, 5.74) is 2.11. The third-order valence-electron chi connectivity index (χ3n) is 2.38. The molecule has 1 aromatic carbocycles. The van der Waals surface area contributed by atoms with Crippen LogP contribution in [0.2, 0.25) is 0 Å². The van der Waals surface area contributed by atoms with Crippen LogP contribution in [0.4, 0.5) is 0 Å². The zero-order chi connectivity index (χ0) is 10.8. The summed E-state index contributed by atoms with van der Waals surface area (Å²) in [6, 6.07) is 16.3. The molecular formula is C13H10N2S. The standard InChI is InChI=1S/C13H10N2S/c1-2-5-11(6-3-1)15-9-8-12(14-15)13-7-4-10-16-13/h1-10H. The van der Waals surface area contributed by atoms with Crippen molar-refractivity contribution in [3.8, 4) is 16.3 Å². The van der Waals surface area contributed by atoms with Gasteiger partial charge in [0.25, 0.3) is 0 Å². The molecule has 0 aliphatic rings. The molecule has 0 saturated heterocycles. The lowest BCUT2D eigenvalue weighted by atomic mass is 10.3. The summed E-state index contributed by atoms with van der Waals surface area (Å²) in [6.45, 7) is 0.